The average molecular weight is 315 g/mol. The number of hydrogen-bond donors (Lipinski definition) is 1. The van der Waals surface area contributed by atoms with E-state index in [0.29, 0.717) is 11.5 Å². The molecule has 1 N–H and O–H groups in total. The van der Waals surface area contributed by atoms with Crippen molar-refractivity contribution in [3.05, 3.63) is 57.8 Å². The van der Waals surface area contributed by atoms with E-state index in [1.165, 1.54) is 11.3 Å². The molecule has 1 unspecified atom stereocenters. The summed E-state index contributed by atoms with van der Waals surface area (Å²) < 4.78 is 0. The van der Waals surface area contributed by atoms with E-state index in [1.807, 2.05) is 34.5 Å². The molecule has 1 atom stereocenters. The minimum Gasteiger partial charge on any atom is -0.478 e. The van der Waals surface area contributed by atoms with Crippen molar-refractivity contribution in [3.63, 3.8) is 0 Å². The van der Waals surface area contributed by atoms with Gasteiger partial charge in [-0.25, -0.2) is 4.79 Å². The summed E-state index contributed by atoms with van der Waals surface area (Å²) in [5.74, 6) is -0.335. The molecule has 0 aliphatic carbocycles. The Hall–Kier alpha value is -2.14. The highest BCUT2D eigenvalue weighted by Gasteiger charge is 2.27. The number of nitrogens with zero attached hydrogens (tertiary/aromatic N) is 1. The van der Waals surface area contributed by atoms with E-state index < -0.39 is 5.97 Å². The zero-order valence-electron chi connectivity index (χ0n) is 12.1. The van der Waals surface area contributed by atoms with Crippen LogP contribution in [-0.4, -0.2) is 35.0 Å². The molecule has 1 aromatic carbocycles. The van der Waals surface area contributed by atoms with Crippen molar-refractivity contribution in [2.75, 3.05) is 13.1 Å². The molecule has 5 heteroatoms. The number of rotatable bonds is 4. The lowest BCUT2D eigenvalue weighted by Gasteiger charge is -2.15. The van der Waals surface area contributed by atoms with Crippen molar-refractivity contribution in [2.24, 2.45) is 5.92 Å². The van der Waals surface area contributed by atoms with Crippen molar-refractivity contribution < 1.29 is 14.7 Å². The van der Waals surface area contributed by atoms with Crippen LogP contribution in [0, 0.1) is 5.92 Å². The average Bonchev–Trinajstić information content (AvgIpc) is 3.19. The van der Waals surface area contributed by atoms with Crippen molar-refractivity contribution in [1.29, 1.82) is 0 Å². The highest BCUT2D eigenvalue weighted by Crippen LogP contribution is 2.24. The maximum atomic E-state index is 12.3. The highest BCUT2D eigenvalue weighted by atomic mass is 32.1. The first kappa shape index (κ1) is 14.8. The fraction of sp³-hybridized carbons (Fsp3) is 0.294. The molecule has 0 saturated carbocycles. The van der Waals surface area contributed by atoms with Crippen LogP contribution in [0.15, 0.2) is 41.8 Å². The van der Waals surface area contributed by atoms with Crippen LogP contribution in [0.5, 0.6) is 0 Å². The smallest absolute Gasteiger partial charge is 0.335 e. The van der Waals surface area contributed by atoms with Crippen LogP contribution >= 0.6 is 11.3 Å². The molecule has 2 aromatic rings. The Bertz CT molecular complexity index is 664. The van der Waals surface area contributed by atoms with Gasteiger partial charge in [-0.3, -0.25) is 4.79 Å². The highest BCUT2D eigenvalue weighted by molar-refractivity contribution is 7.12. The fourth-order valence-corrected chi connectivity index (χ4v) is 3.55. The molecule has 1 amide bonds. The molecule has 2 heterocycles. The second-order valence-corrected chi connectivity index (χ2v) is 6.54. The Morgan fingerprint density at radius 3 is 2.64 bits per heavy atom. The monoisotopic (exact) mass is 315 g/mol. The van der Waals surface area contributed by atoms with Crippen molar-refractivity contribution >= 4 is 23.2 Å². The van der Waals surface area contributed by atoms with E-state index in [0.717, 1.165) is 36.4 Å². The van der Waals surface area contributed by atoms with Gasteiger partial charge in [-0.15, -0.1) is 11.3 Å². The third kappa shape index (κ3) is 3.20. The third-order valence-corrected chi connectivity index (χ3v) is 4.89. The minimum absolute atomic E-state index is 0.124. The SMILES string of the molecule is O=C(O)c1ccc(CC2CCN(C(=O)c3cccs3)C2)cc1. The van der Waals surface area contributed by atoms with Gasteiger partial charge in [-0.05, 0) is 47.9 Å². The minimum atomic E-state index is -0.903. The quantitative estimate of drug-likeness (QED) is 0.943. The van der Waals surface area contributed by atoms with Gasteiger partial charge in [-0.2, -0.15) is 0 Å². The number of benzene rings is 1. The van der Waals surface area contributed by atoms with Crippen molar-refractivity contribution in [2.45, 2.75) is 12.8 Å². The molecule has 0 spiro atoms. The summed E-state index contributed by atoms with van der Waals surface area (Å²) in [4.78, 5) is 25.9. The number of carboxylic acid groups (broad SMARTS) is 1. The van der Waals surface area contributed by atoms with Crippen LogP contribution < -0.4 is 0 Å². The van der Waals surface area contributed by atoms with Gasteiger partial charge in [0.2, 0.25) is 0 Å². The second-order valence-electron chi connectivity index (χ2n) is 5.59. The van der Waals surface area contributed by atoms with Crippen molar-refractivity contribution in [3.8, 4) is 0 Å². The van der Waals surface area contributed by atoms with Gasteiger partial charge in [0.15, 0.2) is 0 Å². The molecule has 1 fully saturated rings. The second kappa shape index (κ2) is 6.32. The lowest BCUT2D eigenvalue weighted by molar-refractivity contribution is 0.0696. The number of carbonyl (C=O) groups excluding carboxylic acids is 1. The van der Waals surface area contributed by atoms with Crippen LogP contribution in [0.4, 0.5) is 0 Å². The Balaban J connectivity index is 1.59. The van der Waals surface area contributed by atoms with Gasteiger partial charge < -0.3 is 10.0 Å². The van der Waals surface area contributed by atoms with E-state index in [-0.39, 0.29) is 5.91 Å². The summed E-state index contributed by atoms with van der Waals surface area (Å²) in [6, 6.07) is 10.8. The first-order valence-corrected chi connectivity index (χ1v) is 8.16. The zero-order valence-corrected chi connectivity index (χ0v) is 12.9. The topological polar surface area (TPSA) is 57.6 Å². The molecule has 0 bridgehead atoms. The lowest BCUT2D eigenvalue weighted by Crippen LogP contribution is -2.28. The predicted molar refractivity (Wildman–Crippen MR) is 85.4 cm³/mol. The Kier molecular flexibility index (Phi) is 4.24. The van der Waals surface area contributed by atoms with Crippen LogP contribution in [0.1, 0.15) is 32.0 Å². The van der Waals surface area contributed by atoms with Crippen LogP contribution in [0.2, 0.25) is 0 Å². The van der Waals surface area contributed by atoms with Crippen molar-refractivity contribution in [1.82, 2.24) is 4.90 Å². The van der Waals surface area contributed by atoms with E-state index in [9.17, 15) is 9.59 Å². The summed E-state index contributed by atoms with van der Waals surface area (Å²) in [6.07, 6.45) is 1.88. The van der Waals surface area contributed by atoms with Gasteiger partial charge in [0, 0.05) is 13.1 Å². The number of carbonyl (C=O) groups is 2. The Morgan fingerprint density at radius 1 is 1.23 bits per heavy atom. The molecule has 1 aliphatic rings. The van der Waals surface area contributed by atoms with Gasteiger partial charge in [0.25, 0.3) is 5.91 Å². The molecule has 1 saturated heterocycles. The summed E-state index contributed by atoms with van der Waals surface area (Å²) in [7, 11) is 0. The first-order chi connectivity index (χ1) is 10.6. The first-order valence-electron chi connectivity index (χ1n) is 7.28. The maximum Gasteiger partial charge on any atom is 0.335 e. The number of thiophene rings is 1. The molecule has 0 radical (unpaired) electrons. The van der Waals surface area contributed by atoms with Crippen LogP contribution in [0.3, 0.4) is 0 Å². The number of likely N-dealkylation sites (tertiary alicyclic amines) is 1. The summed E-state index contributed by atoms with van der Waals surface area (Å²) >= 11 is 1.48. The maximum absolute atomic E-state index is 12.3. The summed E-state index contributed by atoms with van der Waals surface area (Å²) in [5.41, 5.74) is 1.44. The van der Waals surface area contributed by atoms with Gasteiger partial charge in [0.05, 0.1) is 10.4 Å². The predicted octanol–water partition coefficient (Wildman–Crippen LogP) is 3.15. The molecule has 114 valence electrons. The molecular formula is C17H17NO3S. The number of amides is 1. The van der Waals surface area contributed by atoms with Crippen LogP contribution in [-0.2, 0) is 6.42 Å². The number of carboxylic acids is 1. The fourth-order valence-electron chi connectivity index (χ4n) is 2.86. The lowest BCUT2D eigenvalue weighted by atomic mass is 9.98. The van der Waals surface area contributed by atoms with E-state index in [2.05, 4.69) is 0 Å². The largest absolute Gasteiger partial charge is 0.478 e. The van der Waals surface area contributed by atoms with Gasteiger partial charge in [0.1, 0.15) is 0 Å². The van der Waals surface area contributed by atoms with Crippen LogP contribution in [0.25, 0.3) is 0 Å². The standard InChI is InChI=1S/C17H17NO3S/c19-16(15-2-1-9-22-15)18-8-7-13(11-18)10-12-3-5-14(6-4-12)17(20)21/h1-6,9,13H,7-8,10-11H2,(H,20,21). The Morgan fingerprint density at radius 2 is 2.00 bits per heavy atom. The molecule has 3 rings (SSSR count). The van der Waals surface area contributed by atoms with E-state index >= 15 is 0 Å². The van der Waals surface area contributed by atoms with Gasteiger partial charge >= 0.3 is 5.97 Å². The van der Waals surface area contributed by atoms with E-state index in [4.69, 9.17) is 5.11 Å². The Labute approximate surface area is 133 Å². The molecular weight excluding hydrogens is 298 g/mol. The summed E-state index contributed by atoms with van der Waals surface area (Å²) in [5, 5.41) is 10.8. The third-order valence-electron chi connectivity index (χ3n) is 4.03. The summed E-state index contributed by atoms with van der Waals surface area (Å²) in [6.45, 7) is 1.58. The number of aromatic carboxylic acids is 1. The normalized spacial score (nSPS) is 17.6. The van der Waals surface area contributed by atoms with Gasteiger partial charge in [-0.1, -0.05) is 18.2 Å². The van der Waals surface area contributed by atoms with E-state index in [1.54, 1.807) is 12.1 Å². The molecule has 1 aliphatic heterocycles. The molecule has 1 aromatic heterocycles. The zero-order chi connectivity index (χ0) is 15.5. The number of hydrogen-bond acceptors (Lipinski definition) is 3. The molecule has 4 nitrogen and oxygen atoms in total. The molecule has 22 heavy (non-hydrogen) atoms.